The van der Waals surface area contributed by atoms with Gasteiger partial charge in [-0.1, -0.05) is 116 Å². The van der Waals surface area contributed by atoms with Crippen LogP contribution in [0.2, 0.25) is 0 Å². The van der Waals surface area contributed by atoms with E-state index in [0.29, 0.717) is 0 Å². The zero-order chi connectivity index (χ0) is 40.9. The van der Waals surface area contributed by atoms with Crippen LogP contribution in [-0.4, -0.2) is 0 Å². The number of rotatable bonds is 6. The number of fused-ring (bicyclic) bond motifs is 13. The molecule has 1 aliphatic rings. The third-order valence-corrected chi connectivity index (χ3v) is 12.8. The minimum Gasteiger partial charge on any atom is -0.456 e. The van der Waals surface area contributed by atoms with E-state index in [-0.39, 0.29) is 5.92 Å². The van der Waals surface area contributed by atoms with Gasteiger partial charge in [-0.3, -0.25) is 0 Å². The van der Waals surface area contributed by atoms with Gasteiger partial charge in [-0.2, -0.15) is 0 Å². The van der Waals surface area contributed by atoms with Gasteiger partial charge in [0.15, 0.2) is 0 Å². The summed E-state index contributed by atoms with van der Waals surface area (Å²) in [6, 6.07) is 64.4. The maximum Gasteiger partial charge on any atom is 0.143 e. The van der Waals surface area contributed by atoms with Crippen molar-refractivity contribution in [1.82, 2.24) is 0 Å². The van der Waals surface area contributed by atoms with Crippen LogP contribution in [0.3, 0.4) is 0 Å². The number of furan rings is 3. The van der Waals surface area contributed by atoms with Gasteiger partial charge in [0.1, 0.15) is 33.5 Å². The van der Waals surface area contributed by atoms with Gasteiger partial charge in [0.25, 0.3) is 0 Å². The fourth-order valence-electron chi connectivity index (χ4n) is 9.99. The molecule has 62 heavy (non-hydrogen) atoms. The number of hydrogen-bond acceptors (Lipinski definition) is 5. The van der Waals surface area contributed by atoms with Crippen LogP contribution in [0.15, 0.2) is 201 Å². The molecular formula is C57H38N2O3. The molecule has 5 nitrogen and oxygen atoms in total. The Kier molecular flexibility index (Phi) is 7.58. The second kappa shape index (κ2) is 13.5. The van der Waals surface area contributed by atoms with Crippen LogP contribution in [0.1, 0.15) is 30.4 Å². The molecule has 3 aromatic heterocycles. The Morgan fingerprint density at radius 3 is 1.48 bits per heavy atom. The normalized spacial score (nSPS) is 13.9. The summed E-state index contributed by atoms with van der Waals surface area (Å²) in [6.07, 6.45) is 5.54. The fraction of sp³-hybridized carbons (Fsp3) is 0.0526. The highest BCUT2D eigenvalue weighted by Gasteiger charge is 2.29. The monoisotopic (exact) mass is 798 g/mol. The molecule has 0 N–H and O–H groups in total. The molecule has 1 aliphatic carbocycles. The summed E-state index contributed by atoms with van der Waals surface area (Å²) in [5.41, 5.74) is 14.2. The Labute approximate surface area is 356 Å². The maximum atomic E-state index is 7.22. The number of nitrogens with zero attached hydrogens (tertiary/aromatic N) is 2. The summed E-state index contributed by atoms with van der Waals surface area (Å²) >= 11 is 0. The SMILES string of the molecule is CC1CC=Cc2c(N(c3ccccc3)c3ccc4oc5ccccc5c4c3)cc3c(oc4c5ccccc5c(N(c5ccccc5)c5ccc6oc7ccccc7c6c5)cc34)c21. The molecule has 0 saturated carbocycles. The average Bonchev–Trinajstić information content (AvgIpc) is 4.01. The summed E-state index contributed by atoms with van der Waals surface area (Å²) < 4.78 is 19.8. The molecule has 0 aliphatic heterocycles. The van der Waals surface area contributed by atoms with Crippen molar-refractivity contribution in [3.63, 3.8) is 0 Å². The van der Waals surface area contributed by atoms with Crippen LogP contribution in [-0.2, 0) is 0 Å². The van der Waals surface area contributed by atoms with E-state index in [0.717, 1.165) is 117 Å². The zero-order valence-electron chi connectivity index (χ0n) is 33.9. The molecule has 3 heterocycles. The van der Waals surface area contributed by atoms with E-state index in [1.54, 1.807) is 0 Å². The molecule has 1 atom stereocenters. The van der Waals surface area contributed by atoms with Crippen molar-refractivity contribution in [2.75, 3.05) is 9.80 Å². The van der Waals surface area contributed by atoms with Crippen LogP contribution in [0, 0.1) is 0 Å². The maximum absolute atomic E-state index is 7.22. The Balaban J connectivity index is 1.11. The third-order valence-electron chi connectivity index (χ3n) is 12.8. The number of benzene rings is 9. The first-order valence-electron chi connectivity index (χ1n) is 21.3. The molecule has 0 radical (unpaired) electrons. The van der Waals surface area contributed by atoms with Crippen LogP contribution in [0.4, 0.5) is 34.1 Å². The largest absolute Gasteiger partial charge is 0.456 e. The standard InChI is InChI=1S/C57H38N2O3/c1-35-15-14-24-44-50(59(37-18-6-3-7-19-37)39-28-30-54-46(32-39)42-22-11-13-26-52(42)61-54)34-48-47-33-49(40-20-8-9-23-43(40)56(47)62-57(48)55(35)44)58(36-16-4-2-5-17-36)38-27-29-53-45(31-38)41-21-10-12-25-51(41)60-53/h2-14,16-35H,15H2,1H3. The topological polar surface area (TPSA) is 45.9 Å². The first-order chi connectivity index (χ1) is 30.7. The Hall–Kier alpha value is -8.02. The van der Waals surface area contributed by atoms with Crippen LogP contribution < -0.4 is 9.80 Å². The van der Waals surface area contributed by atoms with Gasteiger partial charge >= 0.3 is 0 Å². The number of para-hydroxylation sites is 4. The van der Waals surface area contributed by atoms with E-state index in [2.05, 4.69) is 187 Å². The summed E-state index contributed by atoms with van der Waals surface area (Å²) in [5, 5.41) is 8.70. The average molecular weight is 799 g/mol. The summed E-state index contributed by atoms with van der Waals surface area (Å²) in [7, 11) is 0. The lowest BCUT2D eigenvalue weighted by Gasteiger charge is -2.30. The van der Waals surface area contributed by atoms with Crippen molar-refractivity contribution in [2.24, 2.45) is 0 Å². The first-order valence-corrected chi connectivity index (χ1v) is 21.3. The van der Waals surface area contributed by atoms with Gasteiger partial charge in [-0.15, -0.1) is 0 Å². The van der Waals surface area contributed by atoms with Crippen molar-refractivity contribution in [3.8, 4) is 0 Å². The summed E-state index contributed by atoms with van der Waals surface area (Å²) in [5.74, 6) is 0.235. The molecule has 1 unspecified atom stereocenters. The van der Waals surface area contributed by atoms with E-state index in [1.807, 2.05) is 24.3 Å². The number of allylic oxidation sites excluding steroid dienone is 1. The third kappa shape index (κ3) is 5.21. The molecule has 9 aromatic carbocycles. The van der Waals surface area contributed by atoms with Gasteiger partial charge in [-0.05, 0) is 97.3 Å². The van der Waals surface area contributed by atoms with Gasteiger partial charge in [0.2, 0.25) is 0 Å². The second-order valence-corrected chi connectivity index (χ2v) is 16.5. The number of hydrogen-bond donors (Lipinski definition) is 0. The highest BCUT2D eigenvalue weighted by atomic mass is 16.3. The first kappa shape index (κ1) is 34.8. The van der Waals surface area contributed by atoms with E-state index in [9.17, 15) is 0 Å². The van der Waals surface area contributed by atoms with Crippen molar-refractivity contribution >= 4 is 117 Å². The summed E-state index contributed by atoms with van der Waals surface area (Å²) in [4.78, 5) is 4.79. The van der Waals surface area contributed by atoms with Crippen molar-refractivity contribution < 1.29 is 13.3 Å². The second-order valence-electron chi connectivity index (χ2n) is 16.5. The van der Waals surface area contributed by atoms with Gasteiger partial charge in [-0.25, -0.2) is 0 Å². The van der Waals surface area contributed by atoms with E-state index in [1.165, 1.54) is 11.1 Å². The predicted molar refractivity (Wildman–Crippen MR) is 257 cm³/mol. The quantitative estimate of drug-likeness (QED) is 0.168. The number of anilines is 6. The molecular weight excluding hydrogens is 761 g/mol. The highest BCUT2D eigenvalue weighted by Crippen LogP contribution is 2.51. The molecule has 0 bridgehead atoms. The van der Waals surface area contributed by atoms with Crippen molar-refractivity contribution in [1.29, 1.82) is 0 Å². The molecule has 0 fully saturated rings. The van der Waals surface area contributed by atoms with Gasteiger partial charge < -0.3 is 23.1 Å². The smallest absolute Gasteiger partial charge is 0.143 e. The predicted octanol–water partition coefficient (Wildman–Crippen LogP) is 17.0. The lowest BCUT2D eigenvalue weighted by Crippen LogP contribution is -2.14. The molecule has 0 spiro atoms. The Morgan fingerprint density at radius 2 is 0.871 bits per heavy atom. The van der Waals surface area contributed by atoms with Crippen LogP contribution in [0.5, 0.6) is 0 Å². The van der Waals surface area contributed by atoms with E-state index >= 15 is 0 Å². The van der Waals surface area contributed by atoms with Crippen LogP contribution >= 0.6 is 0 Å². The van der Waals surface area contributed by atoms with E-state index < -0.39 is 0 Å². The van der Waals surface area contributed by atoms with E-state index in [4.69, 9.17) is 13.3 Å². The molecule has 13 rings (SSSR count). The lowest BCUT2D eigenvalue weighted by atomic mass is 9.85. The fourth-order valence-corrected chi connectivity index (χ4v) is 9.99. The summed E-state index contributed by atoms with van der Waals surface area (Å²) in [6.45, 7) is 2.33. The highest BCUT2D eigenvalue weighted by molar-refractivity contribution is 6.21. The van der Waals surface area contributed by atoms with Crippen molar-refractivity contribution in [2.45, 2.75) is 19.3 Å². The molecule has 0 amide bonds. The molecule has 0 saturated heterocycles. The lowest BCUT2D eigenvalue weighted by molar-refractivity contribution is 0.653. The minimum absolute atomic E-state index is 0.235. The van der Waals surface area contributed by atoms with Crippen LogP contribution in [0.25, 0.3) is 82.7 Å². The van der Waals surface area contributed by atoms with Gasteiger partial charge in [0.05, 0.1) is 11.4 Å². The molecule has 294 valence electrons. The zero-order valence-corrected chi connectivity index (χ0v) is 33.9. The minimum atomic E-state index is 0.235. The molecule has 12 aromatic rings. The van der Waals surface area contributed by atoms with Gasteiger partial charge in [0, 0.05) is 77.0 Å². The Bertz CT molecular complexity index is 3760. The Morgan fingerprint density at radius 1 is 0.387 bits per heavy atom. The van der Waals surface area contributed by atoms with Crippen molar-refractivity contribution in [3.05, 3.63) is 199 Å². The molecule has 5 heteroatoms.